The van der Waals surface area contributed by atoms with Crippen LogP contribution < -0.4 is 0 Å². The Morgan fingerprint density at radius 2 is 2.20 bits per heavy atom. The van der Waals surface area contributed by atoms with Crippen molar-refractivity contribution in [3.8, 4) is 0 Å². The number of hydrogen-bond acceptors (Lipinski definition) is 3. The first-order valence-corrected chi connectivity index (χ1v) is 4.61. The molecule has 0 saturated heterocycles. The van der Waals surface area contributed by atoms with Crippen molar-refractivity contribution >= 4 is 11.3 Å². The molecule has 0 aromatic carbocycles. The van der Waals surface area contributed by atoms with Crippen molar-refractivity contribution in [1.82, 2.24) is 10.2 Å². The number of nitrogens with zero attached hydrogens (tertiary/aromatic N) is 2. The molecular weight excluding hydrogens is 144 g/mol. The Morgan fingerprint density at radius 3 is 2.80 bits per heavy atom. The number of rotatable bonds is 1. The molecule has 54 valence electrons. The van der Waals surface area contributed by atoms with Crippen LogP contribution in [0.4, 0.5) is 0 Å². The molecule has 0 N–H and O–H groups in total. The molecule has 0 bridgehead atoms. The molecule has 3 heteroatoms. The molecule has 0 radical (unpaired) electrons. The fourth-order valence-electron chi connectivity index (χ4n) is 1.53. The second-order valence-corrected chi connectivity index (χ2v) is 3.62. The molecule has 0 amide bonds. The van der Waals surface area contributed by atoms with Gasteiger partial charge in [0.1, 0.15) is 10.5 Å². The molecule has 10 heavy (non-hydrogen) atoms. The van der Waals surface area contributed by atoms with Crippen LogP contribution in [0.2, 0.25) is 0 Å². The lowest BCUT2D eigenvalue weighted by atomic mass is 10.1. The molecule has 0 atom stereocenters. The molecule has 0 aliphatic heterocycles. The van der Waals surface area contributed by atoms with Crippen LogP contribution in [0.1, 0.15) is 36.6 Å². The van der Waals surface area contributed by atoms with Crippen LogP contribution in [0.15, 0.2) is 5.51 Å². The Hall–Kier alpha value is -0.440. The maximum Gasteiger partial charge on any atom is 0.120 e. The summed E-state index contributed by atoms with van der Waals surface area (Å²) in [6.45, 7) is 0. The summed E-state index contributed by atoms with van der Waals surface area (Å²) < 4.78 is 0. The van der Waals surface area contributed by atoms with Gasteiger partial charge in [-0.05, 0) is 12.8 Å². The van der Waals surface area contributed by atoms with Crippen LogP contribution in [0.3, 0.4) is 0 Å². The van der Waals surface area contributed by atoms with E-state index in [2.05, 4.69) is 10.2 Å². The van der Waals surface area contributed by atoms with Crippen LogP contribution in [0.25, 0.3) is 0 Å². The Kier molecular flexibility index (Phi) is 1.67. The fraction of sp³-hybridized carbons (Fsp3) is 0.714. The Morgan fingerprint density at radius 1 is 1.40 bits per heavy atom. The van der Waals surface area contributed by atoms with Gasteiger partial charge in [0.25, 0.3) is 0 Å². The monoisotopic (exact) mass is 154 g/mol. The molecule has 2 nitrogen and oxygen atoms in total. The molecule has 1 heterocycles. The van der Waals surface area contributed by atoms with Gasteiger partial charge in [0.05, 0.1) is 0 Å². The van der Waals surface area contributed by atoms with E-state index in [9.17, 15) is 0 Å². The maximum absolute atomic E-state index is 4.07. The smallest absolute Gasteiger partial charge is 0.120 e. The van der Waals surface area contributed by atoms with Crippen molar-refractivity contribution in [3.05, 3.63) is 10.5 Å². The first-order valence-electron chi connectivity index (χ1n) is 3.73. The Bertz CT molecular complexity index is 189. The largest absolute Gasteiger partial charge is 0.147 e. The van der Waals surface area contributed by atoms with E-state index in [-0.39, 0.29) is 0 Å². The van der Waals surface area contributed by atoms with Crippen molar-refractivity contribution in [2.45, 2.75) is 31.6 Å². The third kappa shape index (κ3) is 1.06. The number of aromatic nitrogens is 2. The predicted octanol–water partition coefficient (Wildman–Crippen LogP) is 2.20. The van der Waals surface area contributed by atoms with E-state index in [1.165, 1.54) is 30.7 Å². The summed E-state index contributed by atoms with van der Waals surface area (Å²) in [5.74, 6) is 0.743. The first-order chi connectivity index (χ1) is 4.97. The summed E-state index contributed by atoms with van der Waals surface area (Å²) in [6, 6.07) is 0. The Labute approximate surface area is 64.3 Å². The average Bonchev–Trinajstić information content (AvgIpc) is 2.59. The highest BCUT2D eigenvalue weighted by molar-refractivity contribution is 7.09. The molecule has 2 rings (SSSR count). The normalized spacial score (nSPS) is 20.0. The lowest BCUT2D eigenvalue weighted by Gasteiger charge is -2.00. The minimum atomic E-state index is 0.743. The second kappa shape index (κ2) is 2.66. The van der Waals surface area contributed by atoms with E-state index >= 15 is 0 Å². The quantitative estimate of drug-likeness (QED) is 0.619. The minimum Gasteiger partial charge on any atom is -0.147 e. The van der Waals surface area contributed by atoms with Gasteiger partial charge >= 0.3 is 0 Å². The van der Waals surface area contributed by atoms with E-state index in [0.29, 0.717) is 0 Å². The van der Waals surface area contributed by atoms with E-state index in [4.69, 9.17) is 0 Å². The lowest BCUT2D eigenvalue weighted by Crippen LogP contribution is -1.89. The highest BCUT2D eigenvalue weighted by Crippen LogP contribution is 2.34. The summed E-state index contributed by atoms with van der Waals surface area (Å²) in [5.41, 5.74) is 1.83. The standard InChI is InChI=1S/C7H10N2S/c1-2-4-6(3-1)7-9-8-5-10-7/h5-6H,1-4H2. The number of hydrogen-bond donors (Lipinski definition) is 0. The predicted molar refractivity (Wildman–Crippen MR) is 41.1 cm³/mol. The molecule has 1 aromatic heterocycles. The average molecular weight is 154 g/mol. The molecule has 1 aliphatic carbocycles. The summed E-state index contributed by atoms with van der Waals surface area (Å²) in [5, 5.41) is 9.15. The molecular formula is C7H10N2S. The van der Waals surface area contributed by atoms with Crippen molar-refractivity contribution < 1.29 is 0 Å². The van der Waals surface area contributed by atoms with Gasteiger partial charge < -0.3 is 0 Å². The van der Waals surface area contributed by atoms with Gasteiger partial charge in [0, 0.05) is 5.92 Å². The van der Waals surface area contributed by atoms with Crippen molar-refractivity contribution in [3.63, 3.8) is 0 Å². The molecule has 1 aliphatic rings. The van der Waals surface area contributed by atoms with Gasteiger partial charge in [-0.25, -0.2) is 0 Å². The van der Waals surface area contributed by atoms with Crippen LogP contribution in [0.5, 0.6) is 0 Å². The van der Waals surface area contributed by atoms with Crippen molar-refractivity contribution in [2.24, 2.45) is 0 Å². The highest BCUT2D eigenvalue weighted by atomic mass is 32.1. The highest BCUT2D eigenvalue weighted by Gasteiger charge is 2.19. The zero-order chi connectivity index (χ0) is 6.81. The summed E-state index contributed by atoms with van der Waals surface area (Å²) in [4.78, 5) is 0. The SMILES string of the molecule is c1nnc(C2CCCC2)s1. The third-order valence-corrected chi connectivity index (χ3v) is 2.94. The van der Waals surface area contributed by atoms with Gasteiger partial charge in [0.15, 0.2) is 0 Å². The third-order valence-electron chi connectivity index (χ3n) is 2.08. The van der Waals surface area contributed by atoms with Crippen LogP contribution in [-0.2, 0) is 0 Å². The zero-order valence-electron chi connectivity index (χ0n) is 5.79. The van der Waals surface area contributed by atoms with Crippen LogP contribution in [-0.4, -0.2) is 10.2 Å². The minimum absolute atomic E-state index is 0.743. The molecule has 1 aromatic rings. The van der Waals surface area contributed by atoms with Gasteiger partial charge in [-0.1, -0.05) is 12.8 Å². The van der Waals surface area contributed by atoms with Crippen molar-refractivity contribution in [2.75, 3.05) is 0 Å². The molecule has 0 unspecified atom stereocenters. The summed E-state index contributed by atoms with van der Waals surface area (Å²) in [6.07, 6.45) is 5.42. The fourth-order valence-corrected chi connectivity index (χ4v) is 2.26. The first kappa shape index (κ1) is 6.28. The van der Waals surface area contributed by atoms with E-state index in [1.807, 2.05) is 5.51 Å². The molecule has 1 fully saturated rings. The molecule has 1 saturated carbocycles. The topological polar surface area (TPSA) is 25.8 Å². The van der Waals surface area contributed by atoms with Gasteiger partial charge in [-0.3, -0.25) is 0 Å². The van der Waals surface area contributed by atoms with Gasteiger partial charge in [0.2, 0.25) is 0 Å². The maximum atomic E-state index is 4.07. The van der Waals surface area contributed by atoms with E-state index < -0.39 is 0 Å². The van der Waals surface area contributed by atoms with Gasteiger partial charge in [-0.15, -0.1) is 21.5 Å². The lowest BCUT2D eigenvalue weighted by molar-refractivity contribution is 0.704. The van der Waals surface area contributed by atoms with E-state index in [1.54, 1.807) is 11.3 Å². The second-order valence-electron chi connectivity index (χ2n) is 2.76. The van der Waals surface area contributed by atoms with Crippen LogP contribution in [0, 0.1) is 0 Å². The summed E-state index contributed by atoms with van der Waals surface area (Å²) >= 11 is 1.70. The molecule has 0 spiro atoms. The van der Waals surface area contributed by atoms with Crippen molar-refractivity contribution in [1.29, 1.82) is 0 Å². The summed E-state index contributed by atoms with van der Waals surface area (Å²) in [7, 11) is 0. The Balaban J connectivity index is 2.12. The van der Waals surface area contributed by atoms with Gasteiger partial charge in [-0.2, -0.15) is 0 Å². The van der Waals surface area contributed by atoms with E-state index in [0.717, 1.165) is 5.92 Å². The van der Waals surface area contributed by atoms with Crippen LogP contribution >= 0.6 is 11.3 Å². The zero-order valence-corrected chi connectivity index (χ0v) is 6.60.